The zero-order valence-corrected chi connectivity index (χ0v) is 17.5. The molecule has 1 aliphatic heterocycles. The Hall–Kier alpha value is -3.09. The van der Waals surface area contributed by atoms with Crippen molar-refractivity contribution in [2.75, 3.05) is 27.3 Å². The first kappa shape index (κ1) is 21.6. The monoisotopic (exact) mass is 430 g/mol. The van der Waals surface area contributed by atoms with Crippen LogP contribution in [0.4, 0.5) is 0 Å². The van der Waals surface area contributed by atoms with Crippen LogP contribution in [-0.4, -0.2) is 46.0 Å². The van der Waals surface area contributed by atoms with Gasteiger partial charge in [0, 0.05) is 19.2 Å². The van der Waals surface area contributed by atoms with Gasteiger partial charge in [-0.1, -0.05) is 0 Å². The van der Waals surface area contributed by atoms with Gasteiger partial charge in [0.1, 0.15) is 5.75 Å². The molecule has 158 valence electrons. The number of ether oxygens (including phenoxy) is 3. The first-order valence-corrected chi connectivity index (χ1v) is 10.8. The quantitative estimate of drug-likeness (QED) is 0.512. The van der Waals surface area contributed by atoms with E-state index < -0.39 is 21.9 Å². The van der Waals surface area contributed by atoms with Gasteiger partial charge in [-0.2, -0.15) is 9.57 Å². The molecule has 8 nitrogen and oxygen atoms in total. The van der Waals surface area contributed by atoms with E-state index in [0.29, 0.717) is 35.7 Å². The largest absolute Gasteiger partial charge is 0.493 e. The van der Waals surface area contributed by atoms with Crippen molar-refractivity contribution in [2.24, 2.45) is 5.92 Å². The van der Waals surface area contributed by atoms with Crippen molar-refractivity contribution in [1.29, 1.82) is 5.26 Å². The summed E-state index contributed by atoms with van der Waals surface area (Å²) in [6.45, 7) is 0.424. The lowest BCUT2D eigenvalue weighted by Gasteiger charge is -2.30. The predicted molar refractivity (Wildman–Crippen MR) is 108 cm³/mol. The lowest BCUT2D eigenvalue weighted by Crippen LogP contribution is -2.41. The molecule has 9 heteroatoms. The summed E-state index contributed by atoms with van der Waals surface area (Å²) in [5.74, 6) is 0.347. The molecule has 1 fully saturated rings. The molecule has 2 aromatic rings. The van der Waals surface area contributed by atoms with Crippen molar-refractivity contribution in [1.82, 2.24) is 4.31 Å². The number of hydrogen-bond donors (Lipinski definition) is 0. The van der Waals surface area contributed by atoms with Gasteiger partial charge in [0.25, 0.3) is 0 Å². The first-order chi connectivity index (χ1) is 14.4. The fourth-order valence-electron chi connectivity index (χ4n) is 3.25. The molecule has 0 radical (unpaired) electrons. The van der Waals surface area contributed by atoms with E-state index in [9.17, 15) is 13.2 Å². The van der Waals surface area contributed by atoms with Crippen LogP contribution in [0.1, 0.15) is 18.4 Å². The van der Waals surface area contributed by atoms with E-state index in [1.54, 1.807) is 30.3 Å². The normalized spacial score (nSPS) is 15.2. The topological polar surface area (TPSA) is 106 Å². The van der Waals surface area contributed by atoms with Crippen molar-refractivity contribution in [3.63, 3.8) is 0 Å². The molecule has 2 aromatic carbocycles. The maximum atomic E-state index is 13.0. The van der Waals surface area contributed by atoms with Gasteiger partial charge in [0.2, 0.25) is 10.0 Å². The average molecular weight is 430 g/mol. The lowest BCUT2D eigenvalue weighted by molar-refractivity contribution is -0.140. The van der Waals surface area contributed by atoms with Gasteiger partial charge < -0.3 is 14.2 Å². The summed E-state index contributed by atoms with van der Waals surface area (Å²) in [6, 6.07) is 12.7. The van der Waals surface area contributed by atoms with E-state index in [1.807, 2.05) is 6.07 Å². The molecule has 1 heterocycles. The molecule has 1 saturated heterocycles. The zero-order chi connectivity index (χ0) is 21.7. The molecule has 1 aliphatic rings. The number of sulfonamides is 1. The maximum Gasteiger partial charge on any atom is 0.314 e. The number of carbonyl (C=O) groups is 1. The molecule has 0 aromatic heterocycles. The highest BCUT2D eigenvalue weighted by atomic mass is 32.2. The summed E-state index contributed by atoms with van der Waals surface area (Å²) < 4.78 is 43.0. The molecule has 0 spiro atoms. The summed E-state index contributed by atoms with van der Waals surface area (Å²) in [5.41, 5.74) is 0.475. The predicted octanol–water partition coefficient (Wildman–Crippen LogP) is 2.58. The molecule has 0 atom stereocenters. The van der Waals surface area contributed by atoms with E-state index in [2.05, 4.69) is 0 Å². The van der Waals surface area contributed by atoms with Crippen molar-refractivity contribution >= 4 is 16.0 Å². The number of piperidine rings is 1. The fraction of sp³-hybridized carbons (Fsp3) is 0.333. The van der Waals surface area contributed by atoms with Gasteiger partial charge in [0.05, 0.1) is 36.7 Å². The minimum absolute atomic E-state index is 0.110. The van der Waals surface area contributed by atoms with Crippen LogP contribution < -0.4 is 14.2 Å². The van der Waals surface area contributed by atoms with Crippen molar-refractivity contribution in [2.45, 2.75) is 17.7 Å². The Bertz CT molecular complexity index is 1050. The Morgan fingerprint density at radius 1 is 1.03 bits per heavy atom. The second kappa shape index (κ2) is 9.15. The van der Waals surface area contributed by atoms with E-state index in [4.69, 9.17) is 19.5 Å². The van der Waals surface area contributed by atoms with Crippen LogP contribution in [0.15, 0.2) is 47.4 Å². The van der Waals surface area contributed by atoms with Crippen LogP contribution in [0.2, 0.25) is 0 Å². The van der Waals surface area contributed by atoms with Gasteiger partial charge in [0.15, 0.2) is 11.5 Å². The van der Waals surface area contributed by atoms with Crippen molar-refractivity contribution < 1.29 is 27.4 Å². The second-order valence-corrected chi connectivity index (χ2v) is 8.69. The molecule has 0 aliphatic carbocycles. The molecule has 30 heavy (non-hydrogen) atoms. The summed E-state index contributed by atoms with van der Waals surface area (Å²) >= 11 is 0. The van der Waals surface area contributed by atoms with Crippen LogP contribution >= 0.6 is 0 Å². The minimum Gasteiger partial charge on any atom is -0.493 e. The number of carbonyl (C=O) groups excluding carboxylic acids is 1. The van der Waals surface area contributed by atoms with Gasteiger partial charge >= 0.3 is 5.97 Å². The molecule has 0 N–H and O–H groups in total. The summed E-state index contributed by atoms with van der Waals surface area (Å²) in [5, 5.41) is 8.82. The number of methoxy groups -OCH3 is 2. The van der Waals surface area contributed by atoms with E-state index in [-0.39, 0.29) is 18.0 Å². The third-order valence-electron chi connectivity index (χ3n) is 4.98. The van der Waals surface area contributed by atoms with Gasteiger partial charge in [-0.3, -0.25) is 4.79 Å². The standard InChI is InChI=1S/C21H22N2O6S/c1-27-19-8-7-18(13-20(19)28-2)30(25,26)23-11-9-16(10-12-23)21(24)29-17-5-3-15(14-22)4-6-17/h3-8,13,16H,9-12H2,1-2H3. The third kappa shape index (κ3) is 4.56. The third-order valence-corrected chi connectivity index (χ3v) is 6.88. The van der Waals surface area contributed by atoms with E-state index in [1.165, 1.54) is 30.7 Å². The Labute approximate surface area is 175 Å². The highest BCUT2D eigenvalue weighted by molar-refractivity contribution is 7.89. The Kier molecular flexibility index (Phi) is 6.59. The van der Waals surface area contributed by atoms with E-state index in [0.717, 1.165) is 0 Å². The smallest absolute Gasteiger partial charge is 0.314 e. The molecule has 0 unspecified atom stereocenters. The van der Waals surface area contributed by atoms with Gasteiger partial charge in [-0.05, 0) is 49.2 Å². The van der Waals surface area contributed by atoms with Crippen LogP contribution in [0, 0.1) is 17.2 Å². The highest BCUT2D eigenvalue weighted by Crippen LogP contribution is 2.32. The molecular weight excluding hydrogens is 408 g/mol. The zero-order valence-electron chi connectivity index (χ0n) is 16.7. The average Bonchev–Trinajstić information content (AvgIpc) is 2.79. The van der Waals surface area contributed by atoms with Crippen molar-refractivity contribution in [3.8, 4) is 23.3 Å². The molecule has 3 rings (SSSR count). The number of nitrogens with zero attached hydrogens (tertiary/aromatic N) is 2. The van der Waals surface area contributed by atoms with Crippen LogP contribution in [0.5, 0.6) is 17.2 Å². The van der Waals surface area contributed by atoms with E-state index >= 15 is 0 Å². The van der Waals surface area contributed by atoms with Gasteiger partial charge in [-0.25, -0.2) is 8.42 Å². The molecule has 0 saturated carbocycles. The summed E-state index contributed by atoms with van der Waals surface area (Å²) in [6.07, 6.45) is 0.725. The van der Waals surface area contributed by atoms with Crippen molar-refractivity contribution in [3.05, 3.63) is 48.0 Å². The molecular formula is C21H22N2O6S. The highest BCUT2D eigenvalue weighted by Gasteiger charge is 2.33. The Balaban J connectivity index is 1.64. The van der Waals surface area contributed by atoms with Gasteiger partial charge in [-0.15, -0.1) is 0 Å². The van der Waals surface area contributed by atoms with Crippen LogP contribution in [0.25, 0.3) is 0 Å². The lowest BCUT2D eigenvalue weighted by atomic mass is 9.98. The summed E-state index contributed by atoms with van der Waals surface area (Å²) in [4.78, 5) is 12.5. The number of esters is 1. The van der Waals surface area contributed by atoms with Crippen LogP contribution in [0.3, 0.4) is 0 Å². The SMILES string of the molecule is COc1ccc(S(=O)(=O)N2CCC(C(=O)Oc3ccc(C#N)cc3)CC2)cc1OC. The molecule has 0 bridgehead atoms. The second-order valence-electron chi connectivity index (χ2n) is 6.75. The first-order valence-electron chi connectivity index (χ1n) is 9.33. The molecule has 0 amide bonds. The minimum atomic E-state index is -3.72. The van der Waals surface area contributed by atoms with Crippen LogP contribution in [-0.2, 0) is 14.8 Å². The fourth-order valence-corrected chi connectivity index (χ4v) is 4.74. The number of hydrogen-bond acceptors (Lipinski definition) is 7. The summed E-state index contributed by atoms with van der Waals surface area (Å²) in [7, 11) is -0.797. The number of rotatable bonds is 6. The maximum absolute atomic E-state index is 13.0. The number of nitriles is 1. The number of benzene rings is 2. The Morgan fingerprint density at radius 2 is 1.67 bits per heavy atom. The Morgan fingerprint density at radius 3 is 2.23 bits per heavy atom.